The predicted molar refractivity (Wildman–Crippen MR) is 71.2 cm³/mol. The Bertz CT molecular complexity index is 474. The van der Waals surface area contributed by atoms with Crippen LogP contribution in [-0.4, -0.2) is 28.1 Å². The van der Waals surface area contributed by atoms with Gasteiger partial charge in [0.15, 0.2) is 0 Å². The molecule has 0 saturated carbocycles. The molecule has 0 heterocycles. The average Bonchev–Trinajstić information content (AvgIpc) is 2.31. The van der Waals surface area contributed by atoms with Gasteiger partial charge in [0.2, 0.25) is 5.91 Å². The number of aromatic hydroxyl groups is 1. The number of carboxylic acid groups (broad SMARTS) is 1. The van der Waals surface area contributed by atoms with Gasteiger partial charge in [0.1, 0.15) is 5.75 Å². The zero-order chi connectivity index (χ0) is 14.4. The van der Waals surface area contributed by atoms with Crippen molar-refractivity contribution in [2.75, 3.05) is 5.32 Å². The lowest BCUT2D eigenvalue weighted by molar-refractivity contribution is -0.116. The fourth-order valence-corrected chi connectivity index (χ4v) is 1.73. The molecule has 6 heteroatoms. The average molecular weight is 266 g/mol. The molecular weight excluding hydrogens is 248 g/mol. The van der Waals surface area contributed by atoms with Gasteiger partial charge in [-0.2, -0.15) is 0 Å². The molecule has 0 radical (unpaired) electrons. The van der Waals surface area contributed by atoms with Gasteiger partial charge in [0, 0.05) is 12.5 Å². The maximum Gasteiger partial charge on any atom is 0.337 e. The van der Waals surface area contributed by atoms with Gasteiger partial charge in [-0.05, 0) is 24.6 Å². The van der Waals surface area contributed by atoms with Crippen molar-refractivity contribution < 1.29 is 19.8 Å². The van der Waals surface area contributed by atoms with E-state index in [-0.39, 0.29) is 35.4 Å². The van der Waals surface area contributed by atoms with Crippen molar-refractivity contribution in [3.63, 3.8) is 0 Å². The summed E-state index contributed by atoms with van der Waals surface area (Å²) in [7, 11) is 0. The van der Waals surface area contributed by atoms with E-state index >= 15 is 0 Å². The van der Waals surface area contributed by atoms with E-state index in [0.717, 1.165) is 18.9 Å². The summed E-state index contributed by atoms with van der Waals surface area (Å²) in [5.74, 6) is -1.73. The van der Waals surface area contributed by atoms with Gasteiger partial charge in [-0.1, -0.05) is 13.3 Å². The smallest absolute Gasteiger partial charge is 0.337 e. The Morgan fingerprint density at radius 1 is 1.42 bits per heavy atom. The van der Waals surface area contributed by atoms with Crippen molar-refractivity contribution in [1.82, 2.24) is 0 Å². The van der Waals surface area contributed by atoms with E-state index < -0.39 is 5.97 Å². The number of hydrogen-bond acceptors (Lipinski definition) is 4. The van der Waals surface area contributed by atoms with Gasteiger partial charge in [0.25, 0.3) is 0 Å². The van der Waals surface area contributed by atoms with Crippen LogP contribution in [0.3, 0.4) is 0 Å². The minimum atomic E-state index is -1.22. The number of carbonyl (C=O) groups excluding carboxylic acids is 1. The topological polar surface area (TPSA) is 113 Å². The third-order valence-corrected chi connectivity index (χ3v) is 2.61. The van der Waals surface area contributed by atoms with E-state index in [1.165, 1.54) is 12.1 Å². The van der Waals surface area contributed by atoms with Crippen LogP contribution in [0.1, 0.15) is 36.5 Å². The second-order valence-corrected chi connectivity index (χ2v) is 4.34. The Hall–Kier alpha value is -2.08. The van der Waals surface area contributed by atoms with E-state index in [9.17, 15) is 14.7 Å². The Balaban J connectivity index is 2.76. The second-order valence-electron chi connectivity index (χ2n) is 4.34. The summed E-state index contributed by atoms with van der Waals surface area (Å²) in [6.45, 7) is 1.97. The number of phenolic OH excluding ortho intramolecular Hbond substituents is 1. The number of anilines is 1. The number of aromatic carboxylic acids is 1. The first-order chi connectivity index (χ1) is 8.93. The van der Waals surface area contributed by atoms with Crippen LogP contribution in [0.2, 0.25) is 0 Å². The number of phenols is 1. The molecule has 0 aliphatic heterocycles. The molecule has 104 valence electrons. The van der Waals surface area contributed by atoms with Crippen molar-refractivity contribution in [1.29, 1.82) is 0 Å². The molecule has 0 aliphatic rings. The molecule has 0 fully saturated rings. The zero-order valence-corrected chi connectivity index (χ0v) is 10.7. The van der Waals surface area contributed by atoms with Gasteiger partial charge in [0.05, 0.1) is 11.3 Å². The number of hydrogen-bond donors (Lipinski definition) is 4. The molecule has 1 aromatic carbocycles. The highest BCUT2D eigenvalue weighted by Gasteiger charge is 2.15. The monoisotopic (exact) mass is 266 g/mol. The predicted octanol–water partition coefficient (Wildman–Crippen LogP) is 1.55. The lowest BCUT2D eigenvalue weighted by Gasteiger charge is -2.12. The Morgan fingerprint density at radius 3 is 2.68 bits per heavy atom. The minimum Gasteiger partial charge on any atom is -0.508 e. The zero-order valence-electron chi connectivity index (χ0n) is 10.7. The van der Waals surface area contributed by atoms with Crippen molar-refractivity contribution in [2.45, 2.75) is 32.2 Å². The Labute approximate surface area is 111 Å². The van der Waals surface area contributed by atoms with Gasteiger partial charge >= 0.3 is 5.97 Å². The molecule has 1 aromatic rings. The highest BCUT2D eigenvalue weighted by Crippen LogP contribution is 2.21. The highest BCUT2D eigenvalue weighted by atomic mass is 16.4. The first-order valence-corrected chi connectivity index (χ1v) is 6.05. The summed E-state index contributed by atoms with van der Waals surface area (Å²) in [5.41, 5.74) is 5.74. The first-order valence-electron chi connectivity index (χ1n) is 6.05. The minimum absolute atomic E-state index is 0.133. The molecule has 0 aliphatic carbocycles. The molecule has 5 N–H and O–H groups in total. The number of carbonyl (C=O) groups is 2. The number of nitrogens with one attached hydrogen (secondary N) is 1. The summed E-state index contributed by atoms with van der Waals surface area (Å²) < 4.78 is 0. The molecule has 0 saturated heterocycles. The molecule has 1 amide bonds. The van der Waals surface area contributed by atoms with Crippen molar-refractivity contribution in [3.8, 4) is 5.75 Å². The Morgan fingerprint density at radius 2 is 2.11 bits per heavy atom. The van der Waals surface area contributed by atoms with E-state index in [2.05, 4.69) is 5.32 Å². The molecule has 1 atom stereocenters. The number of nitrogens with two attached hydrogens (primary N) is 1. The summed E-state index contributed by atoms with van der Waals surface area (Å²) in [5, 5.41) is 20.7. The lowest BCUT2D eigenvalue weighted by Crippen LogP contribution is -2.27. The molecule has 0 aromatic heterocycles. The van der Waals surface area contributed by atoms with Crippen LogP contribution in [0.25, 0.3) is 0 Å². The van der Waals surface area contributed by atoms with Gasteiger partial charge in [-0.25, -0.2) is 4.79 Å². The highest BCUT2D eigenvalue weighted by molar-refractivity contribution is 6.00. The number of rotatable bonds is 6. The van der Waals surface area contributed by atoms with Crippen LogP contribution >= 0.6 is 0 Å². The largest absolute Gasteiger partial charge is 0.508 e. The summed E-state index contributed by atoms with van der Waals surface area (Å²) >= 11 is 0. The third-order valence-electron chi connectivity index (χ3n) is 2.61. The SMILES string of the molecule is CCCC(N)CC(=O)Nc1ccc(O)cc1C(=O)O. The van der Waals surface area contributed by atoms with Crippen molar-refractivity contribution in [3.05, 3.63) is 23.8 Å². The normalized spacial score (nSPS) is 11.9. The molecule has 19 heavy (non-hydrogen) atoms. The van der Waals surface area contributed by atoms with Crippen LogP contribution in [0.5, 0.6) is 5.75 Å². The maximum atomic E-state index is 11.7. The van der Waals surface area contributed by atoms with E-state index in [0.29, 0.717) is 0 Å². The van der Waals surface area contributed by atoms with E-state index in [4.69, 9.17) is 10.8 Å². The summed E-state index contributed by atoms with van der Waals surface area (Å²) in [4.78, 5) is 22.7. The van der Waals surface area contributed by atoms with Crippen LogP contribution in [-0.2, 0) is 4.79 Å². The quantitative estimate of drug-likeness (QED) is 0.583. The van der Waals surface area contributed by atoms with Crippen LogP contribution in [0, 0.1) is 0 Å². The second kappa shape index (κ2) is 6.75. The molecular formula is C13H18N2O4. The fourth-order valence-electron chi connectivity index (χ4n) is 1.73. The van der Waals surface area contributed by atoms with Crippen molar-refractivity contribution in [2.24, 2.45) is 5.73 Å². The van der Waals surface area contributed by atoms with Crippen LogP contribution in [0.15, 0.2) is 18.2 Å². The van der Waals surface area contributed by atoms with E-state index in [1.54, 1.807) is 0 Å². The van der Waals surface area contributed by atoms with Gasteiger partial charge < -0.3 is 21.3 Å². The molecule has 0 spiro atoms. The Kier molecular flexibility index (Phi) is 5.32. The molecule has 1 rings (SSSR count). The van der Waals surface area contributed by atoms with Gasteiger partial charge in [-0.15, -0.1) is 0 Å². The van der Waals surface area contributed by atoms with Gasteiger partial charge in [-0.3, -0.25) is 4.79 Å². The number of amides is 1. The summed E-state index contributed by atoms with van der Waals surface area (Å²) in [6.07, 6.45) is 1.75. The molecule has 1 unspecified atom stereocenters. The van der Waals surface area contributed by atoms with Crippen LogP contribution in [0.4, 0.5) is 5.69 Å². The molecule has 0 bridgehead atoms. The maximum absolute atomic E-state index is 11.7. The van der Waals surface area contributed by atoms with E-state index in [1.807, 2.05) is 6.92 Å². The molecule has 6 nitrogen and oxygen atoms in total. The first kappa shape index (κ1) is 15.0. The van der Waals surface area contributed by atoms with Crippen molar-refractivity contribution >= 4 is 17.6 Å². The third kappa shape index (κ3) is 4.59. The summed E-state index contributed by atoms with van der Waals surface area (Å²) in [6, 6.07) is 3.51. The van der Waals surface area contributed by atoms with Crippen LogP contribution < -0.4 is 11.1 Å². The standard InChI is InChI=1S/C13H18N2O4/c1-2-3-8(14)6-12(17)15-11-5-4-9(16)7-10(11)13(18)19/h4-5,7-8,16H,2-3,6,14H2,1H3,(H,15,17)(H,18,19). The lowest BCUT2D eigenvalue weighted by atomic mass is 10.1. The number of carboxylic acids is 1. The fraction of sp³-hybridized carbons (Fsp3) is 0.385. The number of benzene rings is 1.